The van der Waals surface area contributed by atoms with Crippen LogP contribution in [0.5, 0.6) is 0 Å². The van der Waals surface area contributed by atoms with Crippen molar-refractivity contribution in [2.45, 2.75) is 32.4 Å². The second kappa shape index (κ2) is 4.97. The van der Waals surface area contributed by atoms with Crippen molar-refractivity contribution in [3.8, 4) is 0 Å². The van der Waals surface area contributed by atoms with E-state index >= 15 is 0 Å². The lowest BCUT2D eigenvalue weighted by Gasteiger charge is -2.41. The van der Waals surface area contributed by atoms with Gasteiger partial charge in [-0.2, -0.15) is 0 Å². The van der Waals surface area contributed by atoms with Crippen molar-refractivity contribution in [3.63, 3.8) is 0 Å². The van der Waals surface area contributed by atoms with Gasteiger partial charge in [0.05, 0.1) is 12.7 Å². The van der Waals surface area contributed by atoms with Crippen LogP contribution in [0.25, 0.3) is 0 Å². The molecule has 0 aromatic heterocycles. The Morgan fingerprint density at radius 3 is 2.76 bits per heavy atom. The Morgan fingerprint density at radius 1 is 1.35 bits per heavy atom. The third kappa shape index (κ3) is 3.21. The summed E-state index contributed by atoms with van der Waals surface area (Å²) in [7, 11) is 0. The molecule has 1 saturated heterocycles. The number of hydrogen-bond acceptors (Lipinski definition) is 2. The fourth-order valence-electron chi connectivity index (χ4n) is 2.17. The maximum Gasteiger partial charge on any atom is 0.0953 e. The highest BCUT2D eigenvalue weighted by Gasteiger charge is 2.29. The van der Waals surface area contributed by atoms with Crippen molar-refractivity contribution in [2.24, 2.45) is 0 Å². The minimum Gasteiger partial charge on any atom is -0.371 e. The Kier molecular flexibility index (Phi) is 3.76. The van der Waals surface area contributed by atoms with E-state index in [0.717, 1.165) is 24.7 Å². The Bertz CT molecular complexity index is 386. The second-order valence-corrected chi connectivity index (χ2v) is 5.97. The van der Waals surface area contributed by atoms with Gasteiger partial charge in [-0.1, -0.05) is 23.7 Å². The molecule has 1 fully saturated rings. The van der Waals surface area contributed by atoms with Crippen LogP contribution >= 0.6 is 11.6 Å². The molecular weight excluding hydrogens is 234 g/mol. The molecule has 3 heteroatoms. The summed E-state index contributed by atoms with van der Waals surface area (Å²) in [6.07, 6.45) is 0.140. The zero-order chi connectivity index (χ0) is 12.5. The zero-order valence-electron chi connectivity index (χ0n) is 10.7. The average molecular weight is 254 g/mol. The van der Waals surface area contributed by atoms with Gasteiger partial charge >= 0.3 is 0 Å². The van der Waals surface area contributed by atoms with E-state index in [9.17, 15) is 0 Å². The van der Waals surface area contributed by atoms with Crippen molar-refractivity contribution >= 4 is 11.6 Å². The summed E-state index contributed by atoms with van der Waals surface area (Å²) in [5, 5.41) is 0.777. The van der Waals surface area contributed by atoms with Crippen LogP contribution < -0.4 is 0 Å². The molecule has 2 nitrogen and oxygen atoms in total. The lowest BCUT2D eigenvalue weighted by Crippen LogP contribution is -2.48. The molecule has 1 aliphatic rings. The lowest BCUT2D eigenvalue weighted by molar-refractivity contribution is -0.0596. The van der Waals surface area contributed by atoms with E-state index < -0.39 is 0 Å². The normalized spacial score (nSPS) is 22.7. The fourth-order valence-corrected chi connectivity index (χ4v) is 2.37. The summed E-state index contributed by atoms with van der Waals surface area (Å²) >= 11 is 6.02. The minimum atomic E-state index is 0.140. The van der Waals surface area contributed by atoms with E-state index in [2.05, 4.69) is 31.7 Å². The highest BCUT2D eigenvalue weighted by Crippen LogP contribution is 2.27. The molecule has 0 radical (unpaired) electrons. The maximum atomic E-state index is 6.02. The van der Waals surface area contributed by atoms with E-state index in [4.69, 9.17) is 16.3 Å². The highest BCUT2D eigenvalue weighted by atomic mass is 35.5. The van der Waals surface area contributed by atoms with Crippen LogP contribution in [0.2, 0.25) is 5.02 Å². The van der Waals surface area contributed by atoms with Gasteiger partial charge in [0.1, 0.15) is 0 Å². The number of rotatable bonds is 1. The average Bonchev–Trinajstić information content (AvgIpc) is 2.28. The number of ether oxygens (including phenoxy) is 1. The highest BCUT2D eigenvalue weighted by molar-refractivity contribution is 6.30. The number of halogens is 1. The molecule has 1 aromatic rings. The van der Waals surface area contributed by atoms with Gasteiger partial charge in [0.15, 0.2) is 0 Å². The van der Waals surface area contributed by atoms with Crippen molar-refractivity contribution in [1.29, 1.82) is 0 Å². The van der Waals surface area contributed by atoms with Crippen LogP contribution in [0.15, 0.2) is 24.3 Å². The number of hydrogen-bond donors (Lipinski definition) is 0. The Balaban J connectivity index is 2.12. The maximum absolute atomic E-state index is 6.02. The van der Waals surface area contributed by atoms with Crippen LogP contribution in [0, 0.1) is 0 Å². The van der Waals surface area contributed by atoms with E-state index in [0.29, 0.717) is 0 Å². The molecule has 0 saturated carbocycles. The van der Waals surface area contributed by atoms with Gasteiger partial charge in [-0.25, -0.2) is 0 Å². The quantitative estimate of drug-likeness (QED) is 0.760. The Labute approximate surface area is 109 Å². The molecule has 1 aliphatic heterocycles. The van der Waals surface area contributed by atoms with Gasteiger partial charge in [0.2, 0.25) is 0 Å². The van der Waals surface area contributed by atoms with Crippen LogP contribution in [0.3, 0.4) is 0 Å². The molecule has 0 unspecified atom stereocenters. The van der Waals surface area contributed by atoms with Crippen LogP contribution in [0.4, 0.5) is 0 Å². The summed E-state index contributed by atoms with van der Waals surface area (Å²) in [6, 6.07) is 7.97. The van der Waals surface area contributed by atoms with Gasteiger partial charge in [-0.05, 0) is 38.5 Å². The van der Waals surface area contributed by atoms with Crippen molar-refractivity contribution in [2.75, 3.05) is 19.7 Å². The van der Waals surface area contributed by atoms with Gasteiger partial charge in [-0.15, -0.1) is 0 Å². The topological polar surface area (TPSA) is 12.5 Å². The van der Waals surface area contributed by atoms with Crippen LogP contribution in [0.1, 0.15) is 32.4 Å². The van der Waals surface area contributed by atoms with E-state index in [1.54, 1.807) is 0 Å². The van der Waals surface area contributed by atoms with E-state index in [1.165, 1.54) is 5.56 Å². The molecule has 0 bridgehead atoms. The smallest absolute Gasteiger partial charge is 0.0953 e. The zero-order valence-corrected chi connectivity index (χ0v) is 11.5. The largest absolute Gasteiger partial charge is 0.371 e. The number of nitrogens with zero attached hydrogens (tertiary/aromatic N) is 1. The van der Waals surface area contributed by atoms with Crippen LogP contribution in [-0.2, 0) is 4.74 Å². The fraction of sp³-hybridized carbons (Fsp3) is 0.571. The van der Waals surface area contributed by atoms with Gasteiger partial charge < -0.3 is 4.74 Å². The SMILES string of the molecule is CC(C)(C)N1CCO[C@@H](c2cccc(Cl)c2)C1. The second-order valence-electron chi connectivity index (χ2n) is 5.53. The number of benzene rings is 1. The third-order valence-corrected chi connectivity index (χ3v) is 3.47. The van der Waals surface area contributed by atoms with Gasteiger partial charge in [-0.3, -0.25) is 4.90 Å². The molecule has 0 N–H and O–H groups in total. The molecule has 1 aromatic carbocycles. The first-order chi connectivity index (χ1) is 7.97. The van der Waals surface area contributed by atoms with Crippen LogP contribution in [-0.4, -0.2) is 30.1 Å². The first kappa shape index (κ1) is 12.9. The molecule has 0 amide bonds. The standard InChI is InChI=1S/C14H20ClNO/c1-14(2,3)16-7-8-17-13(10-16)11-5-4-6-12(15)9-11/h4-6,9,13H,7-8,10H2,1-3H3/t13-/m1/s1. The molecule has 2 rings (SSSR count). The van der Waals surface area contributed by atoms with Crippen molar-refractivity contribution in [1.82, 2.24) is 4.90 Å². The third-order valence-electron chi connectivity index (χ3n) is 3.24. The molecule has 0 aliphatic carbocycles. The van der Waals surface area contributed by atoms with E-state index in [1.807, 2.05) is 18.2 Å². The summed E-state index contributed by atoms with van der Waals surface area (Å²) in [5.74, 6) is 0. The van der Waals surface area contributed by atoms with Crippen molar-refractivity contribution < 1.29 is 4.74 Å². The molecule has 0 spiro atoms. The first-order valence-electron chi connectivity index (χ1n) is 6.09. The summed E-state index contributed by atoms with van der Waals surface area (Å²) in [4.78, 5) is 2.46. The van der Waals surface area contributed by atoms with E-state index in [-0.39, 0.29) is 11.6 Å². The molecular formula is C14H20ClNO. The monoisotopic (exact) mass is 253 g/mol. The summed E-state index contributed by atoms with van der Waals surface area (Å²) in [6.45, 7) is 9.45. The minimum absolute atomic E-state index is 0.140. The van der Waals surface area contributed by atoms with Crippen molar-refractivity contribution in [3.05, 3.63) is 34.9 Å². The molecule has 1 atom stereocenters. The Morgan fingerprint density at radius 2 is 2.12 bits per heavy atom. The molecule has 94 valence electrons. The summed E-state index contributed by atoms with van der Waals surface area (Å²) < 4.78 is 5.84. The molecule has 1 heterocycles. The Hall–Kier alpha value is -0.570. The number of morpholine rings is 1. The predicted octanol–water partition coefficient (Wildman–Crippen LogP) is 3.51. The molecule has 17 heavy (non-hydrogen) atoms. The summed E-state index contributed by atoms with van der Waals surface area (Å²) in [5.41, 5.74) is 1.37. The van der Waals surface area contributed by atoms with Gasteiger partial charge in [0, 0.05) is 23.7 Å². The predicted molar refractivity (Wildman–Crippen MR) is 71.5 cm³/mol. The van der Waals surface area contributed by atoms with Gasteiger partial charge in [0.25, 0.3) is 0 Å². The first-order valence-corrected chi connectivity index (χ1v) is 6.47. The lowest BCUT2D eigenvalue weighted by atomic mass is 10.0.